The van der Waals surface area contributed by atoms with Crippen LogP contribution in [0.3, 0.4) is 0 Å². The van der Waals surface area contributed by atoms with E-state index in [-0.39, 0.29) is 17.3 Å². The van der Waals surface area contributed by atoms with Crippen molar-refractivity contribution in [2.75, 3.05) is 45.2 Å². The van der Waals surface area contributed by atoms with E-state index in [0.717, 1.165) is 11.3 Å². The van der Waals surface area contributed by atoms with E-state index in [0.29, 0.717) is 37.5 Å². The molecule has 31 heavy (non-hydrogen) atoms. The Morgan fingerprint density at radius 1 is 1.06 bits per heavy atom. The van der Waals surface area contributed by atoms with Gasteiger partial charge in [0, 0.05) is 25.3 Å². The summed E-state index contributed by atoms with van der Waals surface area (Å²) in [7, 11) is -1.76. The fraction of sp³-hybridized carbons (Fsp3) is 0.435. The second-order valence-corrected chi connectivity index (χ2v) is 9.43. The lowest BCUT2D eigenvalue weighted by Crippen LogP contribution is -2.33. The predicted molar refractivity (Wildman–Crippen MR) is 124 cm³/mol. The first-order valence-electron chi connectivity index (χ1n) is 10.5. The van der Waals surface area contributed by atoms with Gasteiger partial charge in [-0.3, -0.25) is 9.69 Å². The highest BCUT2D eigenvalue weighted by molar-refractivity contribution is 7.89. The molecule has 1 amide bonds. The van der Waals surface area contributed by atoms with E-state index in [1.807, 2.05) is 43.1 Å². The second-order valence-electron chi connectivity index (χ2n) is 7.52. The molecule has 2 aromatic rings. The number of carbonyl (C=O) groups is 1. The summed E-state index contributed by atoms with van der Waals surface area (Å²) >= 11 is 0. The first-order chi connectivity index (χ1) is 14.7. The molecule has 8 heteroatoms. The summed E-state index contributed by atoms with van der Waals surface area (Å²) in [6.45, 7) is 9.37. The monoisotopic (exact) mass is 447 g/mol. The molecule has 0 saturated heterocycles. The highest BCUT2D eigenvalue weighted by Crippen LogP contribution is 2.23. The molecule has 2 aromatic carbocycles. The zero-order valence-electron chi connectivity index (χ0n) is 19.0. The highest BCUT2D eigenvalue weighted by Gasteiger charge is 2.24. The van der Waals surface area contributed by atoms with Crippen LogP contribution < -0.4 is 10.1 Å². The van der Waals surface area contributed by atoms with Gasteiger partial charge in [-0.05, 0) is 56.3 Å². The van der Waals surface area contributed by atoms with Crippen LogP contribution in [0.5, 0.6) is 5.75 Å². The van der Waals surface area contributed by atoms with Crippen LogP contribution in [-0.2, 0) is 14.8 Å². The van der Waals surface area contributed by atoms with E-state index in [9.17, 15) is 13.2 Å². The second kappa shape index (κ2) is 11.3. The smallest absolute Gasteiger partial charge is 0.243 e. The lowest BCUT2D eigenvalue weighted by molar-refractivity contribution is -0.117. The van der Waals surface area contributed by atoms with Crippen LogP contribution in [0.2, 0.25) is 0 Å². The number of benzene rings is 2. The third-order valence-electron chi connectivity index (χ3n) is 4.94. The summed E-state index contributed by atoms with van der Waals surface area (Å²) in [4.78, 5) is 14.5. The Kier molecular flexibility index (Phi) is 9.03. The van der Waals surface area contributed by atoms with E-state index in [2.05, 4.69) is 5.32 Å². The molecule has 0 atom stereocenters. The molecular formula is C23H33N3O4S. The maximum Gasteiger partial charge on any atom is 0.243 e. The van der Waals surface area contributed by atoms with Crippen LogP contribution in [0, 0.1) is 13.8 Å². The third-order valence-corrected chi connectivity index (χ3v) is 7.13. The number of aryl methyl sites for hydroxylation is 2. The standard InChI is InChI=1S/C23H33N3O4S/c1-6-26(7-2)31(28,29)22-16-20(12-11-19(22)4)24-23(27)17-25(5)13-14-30-21-10-8-9-18(3)15-21/h8-12,15-16H,6-7,13-14,17H2,1-5H3,(H,24,27). The predicted octanol–water partition coefficient (Wildman–Crippen LogP) is 3.28. The molecule has 170 valence electrons. The number of likely N-dealkylation sites (N-methyl/N-ethyl adjacent to an activating group) is 1. The van der Waals surface area contributed by atoms with Gasteiger partial charge < -0.3 is 10.1 Å². The SMILES string of the molecule is CCN(CC)S(=O)(=O)c1cc(NC(=O)CN(C)CCOc2cccc(C)c2)ccc1C. The summed E-state index contributed by atoms with van der Waals surface area (Å²) < 4.78 is 32.9. The topological polar surface area (TPSA) is 79.0 Å². The molecule has 0 spiro atoms. The Labute approximate surface area is 186 Å². The van der Waals surface area contributed by atoms with Crippen LogP contribution in [0.4, 0.5) is 5.69 Å². The van der Waals surface area contributed by atoms with E-state index in [4.69, 9.17) is 4.74 Å². The maximum absolute atomic E-state index is 12.9. The normalized spacial score (nSPS) is 11.7. The van der Waals surface area contributed by atoms with Gasteiger partial charge in [-0.15, -0.1) is 0 Å². The molecule has 0 radical (unpaired) electrons. The number of anilines is 1. The van der Waals surface area contributed by atoms with E-state index in [1.165, 1.54) is 10.4 Å². The van der Waals surface area contributed by atoms with Crippen molar-refractivity contribution in [3.05, 3.63) is 53.6 Å². The number of hydrogen-bond acceptors (Lipinski definition) is 5. The van der Waals surface area contributed by atoms with Gasteiger partial charge in [0.1, 0.15) is 12.4 Å². The fourth-order valence-electron chi connectivity index (χ4n) is 3.21. The van der Waals surface area contributed by atoms with Gasteiger partial charge >= 0.3 is 0 Å². The Bertz CT molecular complexity index is 988. The lowest BCUT2D eigenvalue weighted by atomic mass is 10.2. The molecule has 0 aromatic heterocycles. The van der Waals surface area contributed by atoms with Gasteiger partial charge in [0.05, 0.1) is 11.4 Å². The minimum absolute atomic E-state index is 0.170. The molecule has 1 N–H and O–H groups in total. The molecule has 2 rings (SSSR count). The quantitative estimate of drug-likeness (QED) is 0.572. The number of sulfonamides is 1. The Hall–Kier alpha value is -2.42. The van der Waals surface area contributed by atoms with Crippen molar-refractivity contribution in [3.8, 4) is 5.75 Å². The van der Waals surface area contributed by atoms with Crippen LogP contribution >= 0.6 is 0 Å². The number of rotatable bonds is 11. The van der Waals surface area contributed by atoms with Crippen molar-refractivity contribution in [2.45, 2.75) is 32.6 Å². The summed E-state index contributed by atoms with van der Waals surface area (Å²) in [5, 5.41) is 2.80. The largest absolute Gasteiger partial charge is 0.492 e. The van der Waals surface area contributed by atoms with Crippen LogP contribution in [0.1, 0.15) is 25.0 Å². The molecule has 0 aliphatic carbocycles. The lowest BCUT2D eigenvalue weighted by Gasteiger charge is -2.21. The van der Waals surface area contributed by atoms with Crippen LogP contribution in [0.25, 0.3) is 0 Å². The Morgan fingerprint density at radius 3 is 2.42 bits per heavy atom. The minimum atomic E-state index is -3.60. The Morgan fingerprint density at radius 2 is 1.77 bits per heavy atom. The van der Waals surface area contributed by atoms with Crippen molar-refractivity contribution in [3.63, 3.8) is 0 Å². The molecule has 0 bridgehead atoms. The molecule has 0 unspecified atom stereocenters. The van der Waals surface area contributed by atoms with Crippen molar-refractivity contribution < 1.29 is 17.9 Å². The average molecular weight is 448 g/mol. The zero-order chi connectivity index (χ0) is 23.0. The van der Waals surface area contributed by atoms with Gasteiger partial charge in [-0.1, -0.05) is 32.0 Å². The van der Waals surface area contributed by atoms with E-state index in [1.54, 1.807) is 32.9 Å². The highest BCUT2D eigenvalue weighted by atomic mass is 32.2. The van der Waals surface area contributed by atoms with E-state index < -0.39 is 10.0 Å². The summed E-state index contributed by atoms with van der Waals surface area (Å²) in [6.07, 6.45) is 0. The summed E-state index contributed by atoms with van der Waals surface area (Å²) in [5.74, 6) is 0.590. The van der Waals surface area contributed by atoms with Crippen molar-refractivity contribution in [1.29, 1.82) is 0 Å². The van der Waals surface area contributed by atoms with Gasteiger partial charge in [0.2, 0.25) is 15.9 Å². The number of ether oxygens (including phenoxy) is 1. The molecule has 0 aliphatic heterocycles. The molecule has 0 aliphatic rings. The molecule has 0 saturated carbocycles. The minimum Gasteiger partial charge on any atom is -0.492 e. The van der Waals surface area contributed by atoms with Crippen molar-refractivity contribution >= 4 is 21.6 Å². The van der Waals surface area contributed by atoms with Gasteiger partial charge in [0.25, 0.3) is 0 Å². The molecule has 0 fully saturated rings. The van der Waals surface area contributed by atoms with Crippen LogP contribution in [-0.4, -0.2) is 63.4 Å². The first-order valence-corrected chi connectivity index (χ1v) is 11.9. The number of nitrogens with one attached hydrogen (secondary N) is 1. The Balaban J connectivity index is 1.94. The average Bonchev–Trinajstić information content (AvgIpc) is 2.70. The maximum atomic E-state index is 12.9. The molecule has 7 nitrogen and oxygen atoms in total. The van der Waals surface area contributed by atoms with E-state index >= 15 is 0 Å². The number of nitrogens with zero attached hydrogens (tertiary/aromatic N) is 2. The molecule has 0 heterocycles. The first kappa shape index (κ1) is 24.8. The summed E-state index contributed by atoms with van der Waals surface area (Å²) in [5.41, 5.74) is 2.24. The zero-order valence-corrected chi connectivity index (χ0v) is 19.8. The van der Waals surface area contributed by atoms with Gasteiger partial charge in [-0.25, -0.2) is 8.42 Å². The van der Waals surface area contributed by atoms with Gasteiger partial charge in [-0.2, -0.15) is 4.31 Å². The van der Waals surface area contributed by atoms with Crippen molar-refractivity contribution in [1.82, 2.24) is 9.21 Å². The third kappa shape index (κ3) is 7.05. The number of amides is 1. The summed E-state index contributed by atoms with van der Waals surface area (Å²) in [6, 6.07) is 12.8. The van der Waals surface area contributed by atoms with Gasteiger partial charge in [0.15, 0.2) is 0 Å². The molecular weight excluding hydrogens is 414 g/mol. The fourth-order valence-corrected chi connectivity index (χ4v) is 4.92. The number of hydrogen-bond donors (Lipinski definition) is 1. The van der Waals surface area contributed by atoms with Crippen LogP contribution in [0.15, 0.2) is 47.4 Å². The number of carbonyl (C=O) groups excluding carboxylic acids is 1. The van der Waals surface area contributed by atoms with Crippen molar-refractivity contribution in [2.24, 2.45) is 0 Å².